The number of carbonyl (C=O) groups is 1. The maximum Gasteiger partial charge on any atom is 0.306 e. The molecule has 0 aliphatic carbocycles. The number of thioether (sulfide) groups is 1. The van der Waals surface area contributed by atoms with Crippen LogP contribution in [0.25, 0.3) is 0 Å². The van der Waals surface area contributed by atoms with Crippen LogP contribution < -0.4 is 5.32 Å². The zero-order valence-electron chi connectivity index (χ0n) is 10.9. The molecule has 18 heavy (non-hydrogen) atoms. The summed E-state index contributed by atoms with van der Waals surface area (Å²) in [7, 11) is 1.42. The summed E-state index contributed by atoms with van der Waals surface area (Å²) >= 11 is 1.72. The minimum atomic E-state index is -0.155. The van der Waals surface area contributed by atoms with Crippen LogP contribution in [0.1, 0.15) is 25.3 Å². The molecule has 0 aliphatic rings. The first-order valence-electron chi connectivity index (χ1n) is 6.10. The average molecular weight is 268 g/mol. The van der Waals surface area contributed by atoms with Crippen LogP contribution in [0.15, 0.2) is 18.3 Å². The second kappa shape index (κ2) is 8.80. The minimum absolute atomic E-state index is 0.155. The summed E-state index contributed by atoms with van der Waals surface area (Å²) in [6.07, 6.45) is 3.32. The van der Waals surface area contributed by atoms with Crippen LogP contribution in [0, 0.1) is 0 Å². The summed E-state index contributed by atoms with van der Waals surface area (Å²) in [5, 5.41) is 3.31. The van der Waals surface area contributed by atoms with E-state index in [1.165, 1.54) is 12.7 Å². The van der Waals surface area contributed by atoms with Gasteiger partial charge in [-0.05, 0) is 12.5 Å². The lowest BCUT2D eigenvalue weighted by Gasteiger charge is -2.09. The number of methoxy groups -OCH3 is 1. The average Bonchev–Trinajstić information content (AvgIpc) is 2.42. The summed E-state index contributed by atoms with van der Waals surface area (Å²) in [4.78, 5) is 15.3. The van der Waals surface area contributed by atoms with Crippen molar-refractivity contribution in [3.8, 4) is 0 Å². The molecule has 0 amide bonds. The SMILES string of the molecule is CCCNc1ncccc1CSCCC(=O)OC. The zero-order valence-corrected chi connectivity index (χ0v) is 11.8. The number of nitrogens with zero attached hydrogens (tertiary/aromatic N) is 1. The Bertz CT molecular complexity index is 372. The van der Waals surface area contributed by atoms with E-state index in [0.29, 0.717) is 6.42 Å². The molecule has 4 nitrogen and oxygen atoms in total. The van der Waals surface area contributed by atoms with E-state index in [4.69, 9.17) is 0 Å². The molecular weight excluding hydrogens is 248 g/mol. The van der Waals surface area contributed by atoms with Gasteiger partial charge in [-0.3, -0.25) is 4.79 Å². The molecule has 0 spiro atoms. The number of anilines is 1. The topological polar surface area (TPSA) is 51.2 Å². The first-order chi connectivity index (χ1) is 8.77. The molecular formula is C13H20N2O2S. The van der Waals surface area contributed by atoms with Gasteiger partial charge >= 0.3 is 5.97 Å². The Hall–Kier alpha value is -1.23. The van der Waals surface area contributed by atoms with E-state index in [1.807, 2.05) is 6.07 Å². The van der Waals surface area contributed by atoms with Gasteiger partial charge in [0.25, 0.3) is 0 Å². The fraction of sp³-hybridized carbons (Fsp3) is 0.538. The molecule has 0 bridgehead atoms. The van der Waals surface area contributed by atoms with E-state index in [2.05, 4.69) is 28.0 Å². The van der Waals surface area contributed by atoms with Crippen LogP contribution in [0.4, 0.5) is 5.82 Å². The fourth-order valence-corrected chi connectivity index (χ4v) is 2.31. The van der Waals surface area contributed by atoms with Gasteiger partial charge in [-0.2, -0.15) is 11.8 Å². The molecule has 0 atom stereocenters. The second-order valence-corrected chi connectivity index (χ2v) is 4.92. The number of pyridine rings is 1. The molecule has 0 aliphatic heterocycles. The lowest BCUT2D eigenvalue weighted by atomic mass is 10.3. The Labute approximate surface area is 113 Å². The summed E-state index contributed by atoms with van der Waals surface area (Å²) in [6, 6.07) is 4.00. The normalized spacial score (nSPS) is 10.1. The van der Waals surface area contributed by atoms with Crippen molar-refractivity contribution >= 4 is 23.5 Å². The highest BCUT2D eigenvalue weighted by Crippen LogP contribution is 2.19. The van der Waals surface area contributed by atoms with Crippen molar-refractivity contribution in [1.29, 1.82) is 0 Å². The van der Waals surface area contributed by atoms with Crippen LogP contribution in [-0.4, -0.2) is 30.4 Å². The maximum atomic E-state index is 11.0. The molecule has 1 aromatic heterocycles. The predicted molar refractivity (Wildman–Crippen MR) is 75.8 cm³/mol. The van der Waals surface area contributed by atoms with Crippen molar-refractivity contribution in [2.45, 2.75) is 25.5 Å². The molecule has 5 heteroatoms. The van der Waals surface area contributed by atoms with E-state index in [0.717, 1.165) is 30.3 Å². The lowest BCUT2D eigenvalue weighted by molar-refractivity contribution is -0.140. The summed E-state index contributed by atoms with van der Waals surface area (Å²) in [5.74, 6) is 2.43. The third-order valence-corrected chi connectivity index (χ3v) is 3.38. The number of nitrogens with one attached hydrogen (secondary N) is 1. The van der Waals surface area contributed by atoms with Gasteiger partial charge in [-0.1, -0.05) is 13.0 Å². The number of carbonyl (C=O) groups excluding carboxylic acids is 1. The number of esters is 1. The molecule has 0 saturated carbocycles. The highest BCUT2D eigenvalue weighted by Gasteiger charge is 2.04. The van der Waals surface area contributed by atoms with Gasteiger partial charge in [0, 0.05) is 29.8 Å². The smallest absolute Gasteiger partial charge is 0.306 e. The van der Waals surface area contributed by atoms with Crippen LogP contribution in [-0.2, 0) is 15.3 Å². The second-order valence-electron chi connectivity index (χ2n) is 3.82. The fourth-order valence-electron chi connectivity index (χ4n) is 1.40. The molecule has 100 valence electrons. The summed E-state index contributed by atoms with van der Waals surface area (Å²) in [6.45, 7) is 3.05. The molecule has 1 aromatic rings. The maximum absolute atomic E-state index is 11.0. The molecule has 1 N–H and O–H groups in total. The predicted octanol–water partition coefficient (Wildman–Crippen LogP) is 2.70. The largest absolute Gasteiger partial charge is 0.469 e. The van der Waals surface area contributed by atoms with Crippen LogP contribution in [0.3, 0.4) is 0 Å². The highest BCUT2D eigenvalue weighted by atomic mass is 32.2. The highest BCUT2D eigenvalue weighted by molar-refractivity contribution is 7.98. The molecule has 0 saturated heterocycles. The first kappa shape index (κ1) is 14.8. The molecule has 0 unspecified atom stereocenters. The Morgan fingerprint density at radius 3 is 3.11 bits per heavy atom. The van der Waals surface area contributed by atoms with Crippen LogP contribution >= 0.6 is 11.8 Å². The molecule has 0 aromatic carbocycles. The monoisotopic (exact) mass is 268 g/mol. The Kier molecular flexibility index (Phi) is 7.25. The van der Waals surface area contributed by atoms with E-state index >= 15 is 0 Å². The van der Waals surface area contributed by atoms with Crippen LogP contribution in [0.5, 0.6) is 0 Å². The lowest BCUT2D eigenvalue weighted by Crippen LogP contribution is -2.05. The number of hydrogen-bond donors (Lipinski definition) is 1. The van der Waals surface area contributed by atoms with Gasteiger partial charge in [0.15, 0.2) is 0 Å². The number of ether oxygens (including phenoxy) is 1. The van der Waals surface area contributed by atoms with Crippen LogP contribution in [0.2, 0.25) is 0 Å². The van der Waals surface area contributed by atoms with E-state index in [9.17, 15) is 4.79 Å². The summed E-state index contributed by atoms with van der Waals surface area (Å²) < 4.78 is 4.60. The Balaban J connectivity index is 2.38. The van der Waals surface area contributed by atoms with E-state index in [1.54, 1.807) is 18.0 Å². The van der Waals surface area contributed by atoms with Crippen molar-refractivity contribution in [1.82, 2.24) is 4.98 Å². The zero-order chi connectivity index (χ0) is 13.2. The number of hydrogen-bond acceptors (Lipinski definition) is 5. The number of rotatable bonds is 8. The quantitative estimate of drug-likeness (QED) is 0.580. The van der Waals surface area contributed by atoms with Crippen molar-refractivity contribution in [3.63, 3.8) is 0 Å². The van der Waals surface area contributed by atoms with Gasteiger partial charge in [0.05, 0.1) is 13.5 Å². The van der Waals surface area contributed by atoms with Gasteiger partial charge in [0.2, 0.25) is 0 Å². The summed E-state index contributed by atoms with van der Waals surface area (Å²) in [5.41, 5.74) is 1.18. The van der Waals surface area contributed by atoms with Crippen molar-refractivity contribution in [3.05, 3.63) is 23.9 Å². The van der Waals surface area contributed by atoms with Crippen molar-refractivity contribution in [2.24, 2.45) is 0 Å². The standard InChI is InChI=1S/C13H20N2O2S/c1-3-7-14-13-11(5-4-8-15-13)10-18-9-6-12(16)17-2/h4-5,8H,3,6-7,9-10H2,1-2H3,(H,14,15). The van der Waals surface area contributed by atoms with Gasteiger partial charge in [0.1, 0.15) is 5.82 Å². The van der Waals surface area contributed by atoms with E-state index < -0.39 is 0 Å². The number of aromatic nitrogens is 1. The third-order valence-electron chi connectivity index (χ3n) is 2.37. The van der Waals surface area contributed by atoms with Gasteiger partial charge < -0.3 is 10.1 Å². The first-order valence-corrected chi connectivity index (χ1v) is 7.25. The molecule has 1 rings (SSSR count). The Morgan fingerprint density at radius 1 is 1.56 bits per heavy atom. The molecule has 0 radical (unpaired) electrons. The van der Waals surface area contributed by atoms with Gasteiger partial charge in [-0.25, -0.2) is 4.98 Å². The Morgan fingerprint density at radius 2 is 2.39 bits per heavy atom. The van der Waals surface area contributed by atoms with Crippen molar-refractivity contribution in [2.75, 3.05) is 24.7 Å². The van der Waals surface area contributed by atoms with Crippen molar-refractivity contribution < 1.29 is 9.53 Å². The molecule has 0 fully saturated rings. The van der Waals surface area contributed by atoms with Gasteiger partial charge in [-0.15, -0.1) is 0 Å². The molecule has 1 heterocycles. The minimum Gasteiger partial charge on any atom is -0.469 e. The third kappa shape index (κ3) is 5.40. The van der Waals surface area contributed by atoms with E-state index in [-0.39, 0.29) is 5.97 Å².